The molecule has 0 aliphatic carbocycles. The van der Waals surface area contributed by atoms with E-state index < -0.39 is 0 Å². The van der Waals surface area contributed by atoms with Crippen LogP contribution in [-0.2, 0) is 4.74 Å². The van der Waals surface area contributed by atoms with Gasteiger partial charge in [-0.2, -0.15) is 0 Å². The highest BCUT2D eigenvalue weighted by Crippen LogP contribution is 2.24. The van der Waals surface area contributed by atoms with Crippen molar-refractivity contribution in [2.24, 2.45) is 0 Å². The van der Waals surface area contributed by atoms with Crippen LogP contribution in [0.15, 0.2) is 42.6 Å². The number of ether oxygens (including phenoxy) is 1. The van der Waals surface area contributed by atoms with E-state index in [9.17, 15) is 4.79 Å². The SMILES string of the molecule is CN(CCC[C@H]1CCCO1)C(=O)c1cccc(-c2ncccc2N)c1. The van der Waals surface area contributed by atoms with E-state index in [0.29, 0.717) is 23.0 Å². The Morgan fingerprint density at radius 1 is 1.36 bits per heavy atom. The zero-order valence-electron chi connectivity index (χ0n) is 14.6. The van der Waals surface area contributed by atoms with Gasteiger partial charge in [-0.1, -0.05) is 12.1 Å². The summed E-state index contributed by atoms with van der Waals surface area (Å²) in [6, 6.07) is 11.1. The predicted octanol–water partition coefficient (Wildman–Crippen LogP) is 3.36. The van der Waals surface area contributed by atoms with Crippen LogP contribution < -0.4 is 5.73 Å². The fourth-order valence-electron chi connectivity index (χ4n) is 3.21. The van der Waals surface area contributed by atoms with E-state index in [1.807, 2.05) is 37.4 Å². The van der Waals surface area contributed by atoms with Gasteiger partial charge in [0.2, 0.25) is 0 Å². The van der Waals surface area contributed by atoms with Crippen molar-refractivity contribution >= 4 is 11.6 Å². The zero-order chi connectivity index (χ0) is 17.6. The number of anilines is 1. The fraction of sp³-hybridized carbons (Fsp3) is 0.400. The van der Waals surface area contributed by atoms with Crippen LogP contribution in [0.5, 0.6) is 0 Å². The standard InChI is InChI=1S/C20H25N3O2/c1-23(12-4-8-17-9-5-13-25-17)20(24)16-7-2-6-15(14-16)19-18(21)10-3-11-22-19/h2-3,6-7,10-11,14,17H,4-5,8-9,12-13,21H2,1H3/t17-/m0/s1. The van der Waals surface area contributed by atoms with Crippen molar-refractivity contribution in [3.63, 3.8) is 0 Å². The minimum atomic E-state index is 0.0173. The van der Waals surface area contributed by atoms with E-state index in [-0.39, 0.29) is 5.91 Å². The van der Waals surface area contributed by atoms with Crippen molar-refractivity contribution in [1.29, 1.82) is 0 Å². The van der Waals surface area contributed by atoms with E-state index in [2.05, 4.69) is 4.98 Å². The smallest absolute Gasteiger partial charge is 0.253 e. The average molecular weight is 339 g/mol. The van der Waals surface area contributed by atoms with E-state index >= 15 is 0 Å². The molecule has 2 N–H and O–H groups in total. The number of hydrogen-bond donors (Lipinski definition) is 1. The van der Waals surface area contributed by atoms with Gasteiger partial charge in [-0.25, -0.2) is 0 Å². The number of carbonyl (C=O) groups is 1. The minimum absolute atomic E-state index is 0.0173. The minimum Gasteiger partial charge on any atom is -0.397 e. The van der Waals surface area contributed by atoms with Crippen molar-refractivity contribution in [2.75, 3.05) is 25.9 Å². The maximum absolute atomic E-state index is 12.7. The summed E-state index contributed by atoms with van der Waals surface area (Å²) in [5, 5.41) is 0. The largest absolute Gasteiger partial charge is 0.397 e. The van der Waals surface area contributed by atoms with E-state index in [0.717, 1.165) is 44.4 Å². The molecule has 1 amide bonds. The molecule has 1 aliphatic heterocycles. The second-order valence-electron chi connectivity index (χ2n) is 6.53. The first-order chi connectivity index (χ1) is 12.1. The van der Waals surface area contributed by atoms with E-state index in [4.69, 9.17) is 10.5 Å². The third-order valence-corrected chi connectivity index (χ3v) is 4.61. The van der Waals surface area contributed by atoms with Crippen molar-refractivity contribution in [1.82, 2.24) is 9.88 Å². The number of carbonyl (C=O) groups excluding carboxylic acids is 1. The highest BCUT2D eigenvalue weighted by atomic mass is 16.5. The fourth-order valence-corrected chi connectivity index (χ4v) is 3.21. The van der Waals surface area contributed by atoms with Crippen LogP contribution in [0.1, 0.15) is 36.0 Å². The molecule has 2 heterocycles. The van der Waals surface area contributed by atoms with Gasteiger partial charge in [0.05, 0.1) is 17.5 Å². The Balaban J connectivity index is 1.63. The number of benzene rings is 1. The van der Waals surface area contributed by atoms with Gasteiger partial charge in [-0.3, -0.25) is 9.78 Å². The van der Waals surface area contributed by atoms with Gasteiger partial charge in [-0.05, 0) is 49.9 Å². The maximum Gasteiger partial charge on any atom is 0.253 e. The van der Waals surface area contributed by atoms with Gasteiger partial charge in [0, 0.05) is 37.5 Å². The molecular formula is C20H25N3O2. The van der Waals surface area contributed by atoms with Crippen molar-refractivity contribution < 1.29 is 9.53 Å². The first kappa shape index (κ1) is 17.4. The van der Waals surface area contributed by atoms with Crippen LogP contribution in [0.4, 0.5) is 5.69 Å². The van der Waals surface area contributed by atoms with Gasteiger partial charge >= 0.3 is 0 Å². The summed E-state index contributed by atoms with van der Waals surface area (Å²) in [6.45, 7) is 1.61. The Kier molecular flexibility index (Phi) is 5.66. The number of pyridine rings is 1. The van der Waals surface area contributed by atoms with Gasteiger partial charge in [0.1, 0.15) is 0 Å². The number of nitrogen functional groups attached to an aromatic ring is 1. The Labute approximate surface area is 148 Å². The molecule has 132 valence electrons. The molecule has 2 aromatic rings. The Morgan fingerprint density at radius 2 is 2.24 bits per heavy atom. The van der Waals surface area contributed by atoms with Gasteiger partial charge in [-0.15, -0.1) is 0 Å². The molecule has 25 heavy (non-hydrogen) atoms. The van der Waals surface area contributed by atoms with Gasteiger partial charge in [0.25, 0.3) is 5.91 Å². The molecule has 1 atom stereocenters. The lowest BCUT2D eigenvalue weighted by Gasteiger charge is -2.18. The van der Waals surface area contributed by atoms with Crippen molar-refractivity contribution in [3.05, 3.63) is 48.2 Å². The highest BCUT2D eigenvalue weighted by molar-refractivity contribution is 5.95. The van der Waals surface area contributed by atoms with Crippen LogP contribution in [0, 0.1) is 0 Å². The number of amides is 1. The summed E-state index contributed by atoms with van der Waals surface area (Å²) < 4.78 is 5.63. The predicted molar refractivity (Wildman–Crippen MR) is 99.3 cm³/mol. The molecule has 0 saturated carbocycles. The molecule has 1 fully saturated rings. The molecule has 3 rings (SSSR count). The molecule has 0 unspecified atom stereocenters. The summed E-state index contributed by atoms with van der Waals surface area (Å²) >= 11 is 0. The third-order valence-electron chi connectivity index (χ3n) is 4.61. The van der Waals surface area contributed by atoms with Crippen LogP contribution in [0.3, 0.4) is 0 Å². The summed E-state index contributed by atoms with van der Waals surface area (Å²) in [6.07, 6.45) is 6.35. The molecule has 5 heteroatoms. The van der Waals surface area contributed by atoms with Crippen LogP contribution in [-0.4, -0.2) is 42.1 Å². The second-order valence-corrected chi connectivity index (χ2v) is 6.53. The Hall–Kier alpha value is -2.40. The first-order valence-electron chi connectivity index (χ1n) is 8.83. The molecule has 1 saturated heterocycles. The average Bonchev–Trinajstić information content (AvgIpc) is 3.15. The number of nitrogens with two attached hydrogens (primary N) is 1. The summed E-state index contributed by atoms with van der Waals surface area (Å²) in [5.74, 6) is 0.0173. The zero-order valence-corrected chi connectivity index (χ0v) is 14.6. The number of hydrogen-bond acceptors (Lipinski definition) is 4. The molecule has 0 spiro atoms. The monoisotopic (exact) mass is 339 g/mol. The second kappa shape index (κ2) is 8.12. The van der Waals surface area contributed by atoms with Gasteiger partial charge < -0.3 is 15.4 Å². The number of aromatic nitrogens is 1. The van der Waals surface area contributed by atoms with Crippen LogP contribution in [0.25, 0.3) is 11.3 Å². The number of rotatable bonds is 6. The lowest BCUT2D eigenvalue weighted by atomic mass is 10.1. The normalized spacial score (nSPS) is 16.8. The van der Waals surface area contributed by atoms with Crippen molar-refractivity contribution in [2.45, 2.75) is 31.8 Å². The van der Waals surface area contributed by atoms with E-state index in [1.165, 1.54) is 0 Å². The number of nitrogens with zero attached hydrogens (tertiary/aromatic N) is 2. The third kappa shape index (κ3) is 4.37. The molecule has 5 nitrogen and oxygen atoms in total. The highest BCUT2D eigenvalue weighted by Gasteiger charge is 2.17. The van der Waals surface area contributed by atoms with Crippen molar-refractivity contribution in [3.8, 4) is 11.3 Å². The van der Waals surface area contributed by atoms with Crippen LogP contribution >= 0.6 is 0 Å². The summed E-state index contributed by atoms with van der Waals surface area (Å²) in [4.78, 5) is 18.8. The lowest BCUT2D eigenvalue weighted by molar-refractivity contribution is 0.0763. The van der Waals surface area contributed by atoms with Gasteiger partial charge in [0.15, 0.2) is 0 Å². The maximum atomic E-state index is 12.7. The first-order valence-corrected chi connectivity index (χ1v) is 8.83. The quantitative estimate of drug-likeness (QED) is 0.876. The summed E-state index contributed by atoms with van der Waals surface area (Å²) in [5.41, 5.74) is 8.82. The molecule has 1 aliphatic rings. The molecule has 0 radical (unpaired) electrons. The molecular weight excluding hydrogens is 314 g/mol. The van der Waals surface area contributed by atoms with E-state index in [1.54, 1.807) is 17.2 Å². The van der Waals surface area contributed by atoms with Crippen LogP contribution in [0.2, 0.25) is 0 Å². The molecule has 1 aromatic carbocycles. The lowest BCUT2D eigenvalue weighted by Crippen LogP contribution is -2.28. The topological polar surface area (TPSA) is 68.5 Å². The Morgan fingerprint density at radius 3 is 3.00 bits per heavy atom. The summed E-state index contributed by atoms with van der Waals surface area (Å²) in [7, 11) is 1.85. The molecule has 0 bridgehead atoms. The Bertz CT molecular complexity index is 726. The molecule has 1 aromatic heterocycles.